The Morgan fingerprint density at radius 1 is 1.18 bits per heavy atom. The molecule has 1 aromatic carbocycles. The Morgan fingerprint density at radius 3 is 2.36 bits per heavy atom. The second kappa shape index (κ2) is 5.86. The van der Waals surface area contributed by atoms with Crippen LogP contribution in [-0.2, 0) is 14.3 Å². The number of carbonyl (C=O) groups is 1. The lowest BCUT2D eigenvalue weighted by atomic mass is 10.1. The van der Waals surface area contributed by atoms with Crippen LogP contribution in [0.25, 0.3) is 0 Å². The molecule has 1 N–H and O–H groups in total. The zero-order valence-corrected chi connectivity index (χ0v) is 13.3. The quantitative estimate of drug-likeness (QED) is 0.870. The number of benzene rings is 1. The van der Waals surface area contributed by atoms with Gasteiger partial charge in [-0.25, -0.2) is 0 Å². The molecule has 1 saturated heterocycles. The third-order valence-corrected chi connectivity index (χ3v) is 4.19. The van der Waals surface area contributed by atoms with Crippen LogP contribution in [0.15, 0.2) is 36.4 Å². The molecule has 118 valence electrons. The highest BCUT2D eigenvalue weighted by molar-refractivity contribution is 5.99. The Hall–Kier alpha value is -1.65. The highest BCUT2D eigenvalue weighted by atomic mass is 16.8. The third kappa shape index (κ3) is 3.57. The van der Waals surface area contributed by atoms with Crippen molar-refractivity contribution in [2.45, 2.75) is 51.6 Å². The van der Waals surface area contributed by atoms with Crippen molar-refractivity contribution in [3.8, 4) is 0 Å². The van der Waals surface area contributed by atoms with E-state index < -0.39 is 5.79 Å². The lowest BCUT2D eigenvalue weighted by molar-refractivity contribution is -0.152. The lowest BCUT2D eigenvalue weighted by Crippen LogP contribution is -2.22. The number of nitrogens with one attached hydrogen (secondary N) is 1. The van der Waals surface area contributed by atoms with Gasteiger partial charge >= 0.3 is 0 Å². The van der Waals surface area contributed by atoms with Gasteiger partial charge in [-0.2, -0.15) is 0 Å². The Bertz CT molecular complexity index is 560. The van der Waals surface area contributed by atoms with Crippen LogP contribution in [0.2, 0.25) is 0 Å². The molecule has 22 heavy (non-hydrogen) atoms. The zero-order chi connectivity index (χ0) is 15.7. The molecular formula is C18H23NO3. The fraction of sp³-hybridized carbons (Fsp3) is 0.500. The van der Waals surface area contributed by atoms with Crippen molar-refractivity contribution in [1.29, 1.82) is 0 Å². The first kappa shape index (κ1) is 15.3. The van der Waals surface area contributed by atoms with Crippen molar-refractivity contribution in [1.82, 2.24) is 0 Å². The van der Waals surface area contributed by atoms with Gasteiger partial charge in [-0.15, -0.1) is 0 Å². The molecule has 3 atom stereocenters. The van der Waals surface area contributed by atoms with Crippen LogP contribution in [0.1, 0.15) is 32.3 Å². The summed E-state index contributed by atoms with van der Waals surface area (Å²) in [6.45, 7) is 5.92. The van der Waals surface area contributed by atoms with Crippen molar-refractivity contribution in [3.05, 3.63) is 42.0 Å². The molecule has 0 spiro atoms. The molecule has 4 heteroatoms. The molecule has 0 aromatic heterocycles. The number of carbonyl (C=O) groups excluding carboxylic acids is 1. The van der Waals surface area contributed by atoms with Crippen LogP contribution in [0.5, 0.6) is 0 Å². The molecule has 1 unspecified atom stereocenters. The summed E-state index contributed by atoms with van der Waals surface area (Å²) in [5, 5.41) is 2.87. The Kier molecular flexibility index (Phi) is 4.06. The molecule has 1 aromatic rings. The molecule has 1 amide bonds. The Balaban J connectivity index is 1.51. The topological polar surface area (TPSA) is 47.6 Å². The maximum atomic E-state index is 11.9. The van der Waals surface area contributed by atoms with Crippen LogP contribution in [0.3, 0.4) is 0 Å². The van der Waals surface area contributed by atoms with Crippen molar-refractivity contribution in [3.63, 3.8) is 0 Å². The van der Waals surface area contributed by atoms with Gasteiger partial charge in [-0.1, -0.05) is 23.8 Å². The fourth-order valence-corrected chi connectivity index (χ4v) is 3.20. The van der Waals surface area contributed by atoms with Crippen LogP contribution >= 0.6 is 0 Å². The fourth-order valence-electron chi connectivity index (χ4n) is 3.20. The maximum Gasteiger partial charge on any atom is 0.248 e. The van der Waals surface area contributed by atoms with E-state index in [9.17, 15) is 4.79 Å². The van der Waals surface area contributed by atoms with Crippen molar-refractivity contribution >= 4 is 11.6 Å². The van der Waals surface area contributed by atoms with Gasteiger partial charge in [0.2, 0.25) is 5.91 Å². The molecule has 0 bridgehead atoms. The third-order valence-electron chi connectivity index (χ3n) is 4.19. The molecule has 1 heterocycles. The van der Waals surface area contributed by atoms with E-state index in [-0.39, 0.29) is 18.1 Å². The largest absolute Gasteiger partial charge is 0.345 e. The summed E-state index contributed by atoms with van der Waals surface area (Å²) in [6, 6.07) is 7.78. The first-order valence-electron chi connectivity index (χ1n) is 7.83. The van der Waals surface area contributed by atoms with Gasteiger partial charge < -0.3 is 14.8 Å². The van der Waals surface area contributed by atoms with E-state index in [2.05, 4.69) is 5.32 Å². The van der Waals surface area contributed by atoms with E-state index in [1.54, 1.807) is 6.08 Å². The normalized spacial score (nSPS) is 29.7. The molecule has 0 radical (unpaired) electrons. The summed E-state index contributed by atoms with van der Waals surface area (Å²) in [6.07, 6.45) is 5.75. The molecule has 4 nitrogen and oxygen atoms in total. The summed E-state index contributed by atoms with van der Waals surface area (Å²) < 4.78 is 11.7. The second-order valence-electron chi connectivity index (χ2n) is 6.66. The summed E-state index contributed by atoms with van der Waals surface area (Å²) >= 11 is 0. The smallest absolute Gasteiger partial charge is 0.248 e. The Morgan fingerprint density at radius 2 is 1.77 bits per heavy atom. The predicted molar refractivity (Wildman–Crippen MR) is 85.5 cm³/mol. The predicted octanol–water partition coefficient (Wildman–Crippen LogP) is 3.42. The summed E-state index contributed by atoms with van der Waals surface area (Å²) in [7, 11) is 0. The van der Waals surface area contributed by atoms with Gasteiger partial charge in [0, 0.05) is 5.69 Å². The first-order chi connectivity index (χ1) is 10.4. The van der Waals surface area contributed by atoms with E-state index >= 15 is 0 Å². The first-order valence-corrected chi connectivity index (χ1v) is 7.83. The summed E-state index contributed by atoms with van der Waals surface area (Å²) in [5.74, 6) is -0.217. The highest BCUT2D eigenvalue weighted by Gasteiger charge is 2.46. The van der Waals surface area contributed by atoms with Crippen molar-refractivity contribution in [2.24, 2.45) is 5.92 Å². The molecule has 2 fully saturated rings. The molecule has 1 aliphatic carbocycles. The number of aryl methyl sites for hydroxylation is 1. The maximum absolute atomic E-state index is 11.9. The van der Waals surface area contributed by atoms with Gasteiger partial charge in [-0.3, -0.25) is 4.79 Å². The number of amides is 1. The molecule has 1 saturated carbocycles. The molecule has 3 rings (SSSR count). The zero-order valence-electron chi connectivity index (χ0n) is 13.3. The van der Waals surface area contributed by atoms with Crippen LogP contribution in [0.4, 0.5) is 5.69 Å². The van der Waals surface area contributed by atoms with Crippen LogP contribution < -0.4 is 5.32 Å². The average Bonchev–Trinajstić information content (AvgIpc) is 2.92. The number of hydrogen-bond acceptors (Lipinski definition) is 3. The number of ether oxygens (including phenoxy) is 2. The molecule has 1 aliphatic heterocycles. The van der Waals surface area contributed by atoms with Crippen LogP contribution in [0, 0.1) is 12.8 Å². The minimum absolute atomic E-state index is 0.0944. The van der Waals surface area contributed by atoms with Crippen LogP contribution in [-0.4, -0.2) is 23.9 Å². The Labute approximate surface area is 131 Å². The van der Waals surface area contributed by atoms with Gasteiger partial charge in [-0.05, 0) is 57.7 Å². The molecule has 2 aliphatic rings. The summed E-state index contributed by atoms with van der Waals surface area (Å²) in [4.78, 5) is 11.9. The summed E-state index contributed by atoms with van der Waals surface area (Å²) in [5.41, 5.74) is 1.99. The van der Waals surface area contributed by atoms with E-state index in [0.717, 1.165) is 18.5 Å². The van der Waals surface area contributed by atoms with E-state index in [4.69, 9.17) is 9.47 Å². The van der Waals surface area contributed by atoms with Crippen molar-refractivity contribution in [2.75, 3.05) is 5.32 Å². The van der Waals surface area contributed by atoms with Crippen molar-refractivity contribution < 1.29 is 14.3 Å². The highest BCUT2D eigenvalue weighted by Crippen LogP contribution is 2.41. The molecular weight excluding hydrogens is 278 g/mol. The number of rotatable bonds is 3. The minimum atomic E-state index is -0.465. The number of fused-ring (bicyclic) bond motifs is 1. The monoisotopic (exact) mass is 301 g/mol. The van der Waals surface area contributed by atoms with Gasteiger partial charge in [0.25, 0.3) is 0 Å². The SMILES string of the molecule is Cc1ccc(NC(=O)/C=C/C2C[C@@H]3OC(C)(C)O[C@@H]3C2)cc1. The minimum Gasteiger partial charge on any atom is -0.345 e. The standard InChI is InChI=1S/C18H23NO3/c1-12-4-7-14(8-5-12)19-17(20)9-6-13-10-15-16(11-13)22-18(2,3)21-15/h4-9,13,15-16H,10-11H2,1-3H3,(H,19,20)/b9-6+/t13?,15-,16+. The van der Waals surface area contributed by atoms with E-state index in [1.807, 2.05) is 51.1 Å². The van der Waals surface area contributed by atoms with Gasteiger partial charge in [0.05, 0.1) is 12.2 Å². The van der Waals surface area contributed by atoms with Gasteiger partial charge in [0.1, 0.15) is 0 Å². The number of hydrogen-bond donors (Lipinski definition) is 1. The number of allylic oxidation sites excluding steroid dienone is 1. The lowest BCUT2D eigenvalue weighted by Gasteiger charge is -2.19. The average molecular weight is 301 g/mol. The van der Waals surface area contributed by atoms with E-state index in [0.29, 0.717) is 5.92 Å². The second-order valence-corrected chi connectivity index (χ2v) is 6.66. The van der Waals surface area contributed by atoms with Gasteiger partial charge in [0.15, 0.2) is 5.79 Å². The van der Waals surface area contributed by atoms with E-state index in [1.165, 1.54) is 5.56 Å². The number of anilines is 1.